The number of piperazine rings is 1. The number of halogens is 1. The van der Waals surface area contributed by atoms with E-state index >= 15 is 0 Å². The normalized spacial score (nSPS) is 16.3. The molecule has 0 amide bonds. The van der Waals surface area contributed by atoms with Gasteiger partial charge in [0.2, 0.25) is 0 Å². The Hall–Kier alpha value is -1.72. The molecule has 3 rings (SSSR count). The van der Waals surface area contributed by atoms with Crippen LogP contribution in [0.1, 0.15) is 11.4 Å². The van der Waals surface area contributed by atoms with Crippen molar-refractivity contribution in [3.05, 3.63) is 47.8 Å². The Balaban J connectivity index is 1.68. The Kier molecular flexibility index (Phi) is 4.31. The van der Waals surface area contributed by atoms with Gasteiger partial charge in [0.25, 0.3) is 0 Å². The molecule has 0 saturated carbocycles. The van der Waals surface area contributed by atoms with Crippen molar-refractivity contribution < 1.29 is 4.39 Å². The lowest BCUT2D eigenvalue weighted by Gasteiger charge is -2.27. The maximum absolute atomic E-state index is 14.3. The van der Waals surface area contributed by atoms with Crippen LogP contribution in [0.5, 0.6) is 0 Å². The highest BCUT2D eigenvalue weighted by Gasteiger charge is 2.11. The highest BCUT2D eigenvalue weighted by Crippen LogP contribution is 2.17. The highest BCUT2D eigenvalue weighted by molar-refractivity contribution is 5.37. The highest BCUT2D eigenvalue weighted by atomic mass is 19.1. The quantitative estimate of drug-likeness (QED) is 0.931. The third-order valence-corrected chi connectivity index (χ3v) is 4.02. The van der Waals surface area contributed by atoms with Crippen molar-refractivity contribution in [2.24, 2.45) is 0 Å². The van der Waals surface area contributed by atoms with Gasteiger partial charge in [0, 0.05) is 45.1 Å². The summed E-state index contributed by atoms with van der Waals surface area (Å²) >= 11 is 0. The van der Waals surface area contributed by atoms with E-state index in [9.17, 15) is 4.39 Å². The molecule has 0 spiro atoms. The predicted molar refractivity (Wildman–Crippen MR) is 81.3 cm³/mol. The Bertz CT molecular complexity index is 602. The molecule has 1 N–H and O–H groups in total. The van der Waals surface area contributed by atoms with Crippen LogP contribution >= 0.6 is 0 Å². The first kappa shape index (κ1) is 14.2. The summed E-state index contributed by atoms with van der Waals surface area (Å²) in [6, 6.07) is 5.51. The van der Waals surface area contributed by atoms with Gasteiger partial charge in [0.1, 0.15) is 11.6 Å². The summed E-state index contributed by atoms with van der Waals surface area (Å²) < 4.78 is 16.1. The Morgan fingerprint density at radius 1 is 1.29 bits per heavy atom. The SMILES string of the molecule is Cc1nccn1-c1ccc(CCN2CCNCC2)cc1F. The first-order valence-electron chi connectivity index (χ1n) is 7.46. The van der Waals surface area contributed by atoms with Crippen LogP contribution in [0.15, 0.2) is 30.6 Å². The first-order valence-corrected chi connectivity index (χ1v) is 7.46. The number of nitrogens with zero attached hydrogens (tertiary/aromatic N) is 3. The number of nitrogens with one attached hydrogen (secondary N) is 1. The Morgan fingerprint density at radius 3 is 2.76 bits per heavy atom. The van der Waals surface area contributed by atoms with Crippen LogP contribution in [0, 0.1) is 12.7 Å². The maximum Gasteiger partial charge on any atom is 0.147 e. The molecule has 0 radical (unpaired) electrons. The van der Waals surface area contributed by atoms with E-state index in [0.717, 1.165) is 50.5 Å². The largest absolute Gasteiger partial charge is 0.314 e. The minimum absolute atomic E-state index is 0.186. The van der Waals surface area contributed by atoms with E-state index in [1.165, 1.54) is 0 Å². The lowest BCUT2D eigenvalue weighted by molar-refractivity contribution is 0.244. The molecule has 1 aliphatic rings. The van der Waals surface area contributed by atoms with Crippen LogP contribution in [-0.2, 0) is 6.42 Å². The first-order chi connectivity index (χ1) is 10.2. The van der Waals surface area contributed by atoms with E-state index in [2.05, 4.69) is 15.2 Å². The minimum Gasteiger partial charge on any atom is -0.314 e. The van der Waals surface area contributed by atoms with Crippen molar-refractivity contribution in [3.8, 4) is 5.69 Å². The number of benzene rings is 1. The van der Waals surface area contributed by atoms with Crippen molar-refractivity contribution in [2.75, 3.05) is 32.7 Å². The van der Waals surface area contributed by atoms with Gasteiger partial charge in [-0.1, -0.05) is 6.07 Å². The Morgan fingerprint density at radius 2 is 2.10 bits per heavy atom. The van der Waals surface area contributed by atoms with Crippen molar-refractivity contribution in [2.45, 2.75) is 13.3 Å². The summed E-state index contributed by atoms with van der Waals surface area (Å²) in [5, 5.41) is 3.34. The lowest BCUT2D eigenvalue weighted by Crippen LogP contribution is -2.44. The second kappa shape index (κ2) is 6.37. The Labute approximate surface area is 124 Å². The van der Waals surface area contributed by atoms with E-state index in [0.29, 0.717) is 5.69 Å². The van der Waals surface area contributed by atoms with Gasteiger partial charge < -0.3 is 14.8 Å². The van der Waals surface area contributed by atoms with Gasteiger partial charge in [-0.3, -0.25) is 0 Å². The van der Waals surface area contributed by atoms with Gasteiger partial charge in [0.15, 0.2) is 0 Å². The molecule has 4 nitrogen and oxygen atoms in total. The van der Waals surface area contributed by atoms with Crippen molar-refractivity contribution in [1.82, 2.24) is 19.8 Å². The van der Waals surface area contributed by atoms with Crippen LogP contribution in [0.25, 0.3) is 5.69 Å². The molecular weight excluding hydrogens is 267 g/mol. The monoisotopic (exact) mass is 288 g/mol. The number of hydrogen-bond donors (Lipinski definition) is 1. The number of hydrogen-bond acceptors (Lipinski definition) is 3. The second-order valence-corrected chi connectivity index (χ2v) is 5.47. The molecule has 2 heterocycles. The molecule has 21 heavy (non-hydrogen) atoms. The zero-order chi connectivity index (χ0) is 14.7. The number of aromatic nitrogens is 2. The summed E-state index contributed by atoms with van der Waals surface area (Å²) in [4.78, 5) is 6.56. The smallest absolute Gasteiger partial charge is 0.147 e. The second-order valence-electron chi connectivity index (χ2n) is 5.47. The third kappa shape index (κ3) is 3.31. The summed E-state index contributed by atoms with van der Waals surface area (Å²) in [6.45, 7) is 7.12. The van der Waals surface area contributed by atoms with E-state index in [-0.39, 0.29) is 5.82 Å². The van der Waals surface area contributed by atoms with Crippen molar-refractivity contribution in [1.29, 1.82) is 0 Å². The number of imidazole rings is 1. The maximum atomic E-state index is 14.3. The molecule has 0 unspecified atom stereocenters. The lowest BCUT2D eigenvalue weighted by atomic mass is 10.1. The fourth-order valence-electron chi connectivity index (χ4n) is 2.76. The average Bonchev–Trinajstić information content (AvgIpc) is 2.92. The number of aryl methyl sites for hydroxylation is 1. The topological polar surface area (TPSA) is 33.1 Å². The van der Waals surface area contributed by atoms with Gasteiger partial charge in [-0.05, 0) is 31.0 Å². The van der Waals surface area contributed by atoms with Gasteiger partial charge in [0.05, 0.1) is 5.69 Å². The van der Waals surface area contributed by atoms with Gasteiger partial charge >= 0.3 is 0 Å². The zero-order valence-electron chi connectivity index (χ0n) is 12.3. The standard InChI is InChI=1S/C16H21FN4/c1-13-19-7-11-21(13)16-3-2-14(12-15(16)17)4-8-20-9-5-18-6-10-20/h2-3,7,11-12,18H,4-6,8-10H2,1H3. The summed E-state index contributed by atoms with van der Waals surface area (Å²) in [7, 11) is 0. The molecule has 1 aliphatic heterocycles. The molecule has 0 bridgehead atoms. The zero-order valence-corrected chi connectivity index (χ0v) is 12.3. The van der Waals surface area contributed by atoms with E-state index < -0.39 is 0 Å². The molecule has 0 aliphatic carbocycles. The average molecular weight is 288 g/mol. The summed E-state index contributed by atoms with van der Waals surface area (Å²) in [5.74, 6) is 0.608. The molecule has 1 aromatic carbocycles. The minimum atomic E-state index is -0.186. The molecule has 1 saturated heterocycles. The van der Waals surface area contributed by atoms with Crippen molar-refractivity contribution in [3.63, 3.8) is 0 Å². The molecule has 1 aromatic heterocycles. The van der Waals surface area contributed by atoms with Crippen LogP contribution in [0.4, 0.5) is 4.39 Å². The van der Waals surface area contributed by atoms with Gasteiger partial charge in [-0.2, -0.15) is 0 Å². The predicted octanol–water partition coefficient (Wildman–Crippen LogP) is 1.77. The number of rotatable bonds is 4. The van der Waals surface area contributed by atoms with Crippen LogP contribution in [-0.4, -0.2) is 47.2 Å². The molecular formula is C16H21FN4. The van der Waals surface area contributed by atoms with Gasteiger partial charge in [-0.25, -0.2) is 9.37 Å². The molecule has 112 valence electrons. The van der Waals surface area contributed by atoms with E-state index in [1.807, 2.05) is 19.1 Å². The van der Waals surface area contributed by atoms with E-state index in [4.69, 9.17) is 0 Å². The fourth-order valence-corrected chi connectivity index (χ4v) is 2.76. The fraction of sp³-hybridized carbons (Fsp3) is 0.438. The van der Waals surface area contributed by atoms with Gasteiger partial charge in [-0.15, -0.1) is 0 Å². The molecule has 5 heteroatoms. The third-order valence-electron chi connectivity index (χ3n) is 4.02. The van der Waals surface area contributed by atoms with Crippen molar-refractivity contribution >= 4 is 0 Å². The molecule has 0 atom stereocenters. The van der Waals surface area contributed by atoms with E-state index in [1.54, 1.807) is 23.0 Å². The summed E-state index contributed by atoms with van der Waals surface area (Å²) in [5.41, 5.74) is 1.61. The molecule has 2 aromatic rings. The van der Waals surface area contributed by atoms with Crippen LogP contribution in [0.3, 0.4) is 0 Å². The van der Waals surface area contributed by atoms with Crippen LogP contribution in [0.2, 0.25) is 0 Å². The molecule has 1 fully saturated rings. The van der Waals surface area contributed by atoms with Crippen LogP contribution < -0.4 is 5.32 Å². The summed E-state index contributed by atoms with van der Waals surface area (Å²) in [6.07, 6.45) is 4.36.